The van der Waals surface area contributed by atoms with E-state index in [0.29, 0.717) is 12.1 Å². The van der Waals surface area contributed by atoms with Crippen LogP contribution in [0.3, 0.4) is 0 Å². The van der Waals surface area contributed by atoms with E-state index in [1.54, 1.807) is 18.5 Å². The second kappa shape index (κ2) is 5.17. The van der Waals surface area contributed by atoms with Crippen LogP contribution in [0.1, 0.15) is 31.1 Å². The van der Waals surface area contributed by atoms with Crippen molar-refractivity contribution < 1.29 is 4.79 Å². The topological polar surface area (TPSA) is 45.2 Å². The normalized spacial score (nSPS) is 11.1. The lowest BCUT2D eigenvalue weighted by Gasteiger charge is -2.20. The summed E-state index contributed by atoms with van der Waals surface area (Å²) in [4.78, 5) is 18.0. The van der Waals surface area contributed by atoms with Crippen LogP contribution in [0.4, 0.5) is 5.69 Å². The maximum Gasteiger partial charge on any atom is 0.253 e. The standard InChI is InChI=1S/C13H21N3O/c1-13(2,3)9-15-12(17)10-6-7-14-8-11(10)16(4)5/h6-8H,9H2,1-5H3,(H,15,17). The van der Waals surface area contributed by atoms with Crippen molar-refractivity contribution in [3.8, 4) is 0 Å². The zero-order valence-electron chi connectivity index (χ0n) is 11.2. The molecule has 4 nitrogen and oxygen atoms in total. The molecule has 1 amide bonds. The van der Waals surface area contributed by atoms with E-state index in [0.717, 1.165) is 5.69 Å². The van der Waals surface area contributed by atoms with Gasteiger partial charge in [-0.1, -0.05) is 20.8 Å². The molecule has 0 atom stereocenters. The minimum Gasteiger partial charge on any atom is -0.376 e. The predicted molar refractivity (Wildman–Crippen MR) is 70.4 cm³/mol. The summed E-state index contributed by atoms with van der Waals surface area (Å²) in [5.74, 6) is -0.0500. The van der Waals surface area contributed by atoms with Crippen LogP contribution in [0.25, 0.3) is 0 Å². The molecule has 1 rings (SSSR count). The molecule has 0 fully saturated rings. The third-order valence-corrected chi connectivity index (χ3v) is 2.31. The number of carbonyl (C=O) groups is 1. The van der Waals surface area contributed by atoms with E-state index in [1.807, 2.05) is 19.0 Å². The second-order valence-corrected chi connectivity index (χ2v) is 5.53. The Hall–Kier alpha value is -1.58. The van der Waals surface area contributed by atoms with E-state index in [1.165, 1.54) is 0 Å². The number of hydrogen-bond acceptors (Lipinski definition) is 3. The van der Waals surface area contributed by atoms with Gasteiger partial charge in [-0.25, -0.2) is 0 Å². The van der Waals surface area contributed by atoms with Crippen LogP contribution in [0.2, 0.25) is 0 Å². The van der Waals surface area contributed by atoms with Gasteiger partial charge in [-0.15, -0.1) is 0 Å². The molecule has 0 unspecified atom stereocenters. The summed E-state index contributed by atoms with van der Waals surface area (Å²) in [6.07, 6.45) is 3.34. The lowest BCUT2D eigenvalue weighted by molar-refractivity contribution is 0.0940. The molecule has 0 saturated carbocycles. The Kier molecular flexibility index (Phi) is 4.10. The van der Waals surface area contributed by atoms with Crippen molar-refractivity contribution in [2.24, 2.45) is 5.41 Å². The quantitative estimate of drug-likeness (QED) is 0.870. The van der Waals surface area contributed by atoms with E-state index in [9.17, 15) is 4.79 Å². The molecule has 0 aliphatic carbocycles. The molecule has 0 aliphatic heterocycles. The molecule has 1 aromatic heterocycles. The highest BCUT2D eigenvalue weighted by molar-refractivity contribution is 5.99. The number of anilines is 1. The van der Waals surface area contributed by atoms with Crippen molar-refractivity contribution in [1.29, 1.82) is 0 Å². The van der Waals surface area contributed by atoms with Crippen LogP contribution in [-0.2, 0) is 0 Å². The zero-order chi connectivity index (χ0) is 13.1. The van der Waals surface area contributed by atoms with Crippen LogP contribution in [0.5, 0.6) is 0 Å². The predicted octanol–water partition coefficient (Wildman–Crippen LogP) is 1.92. The molecular weight excluding hydrogens is 214 g/mol. The van der Waals surface area contributed by atoms with Gasteiger partial charge >= 0.3 is 0 Å². The largest absolute Gasteiger partial charge is 0.376 e. The van der Waals surface area contributed by atoms with Crippen LogP contribution in [0.15, 0.2) is 18.5 Å². The fraction of sp³-hybridized carbons (Fsp3) is 0.538. The summed E-state index contributed by atoms with van der Waals surface area (Å²) in [5.41, 5.74) is 1.58. The van der Waals surface area contributed by atoms with Crippen molar-refractivity contribution in [1.82, 2.24) is 10.3 Å². The highest BCUT2D eigenvalue weighted by Crippen LogP contribution is 2.17. The molecule has 0 bridgehead atoms. The monoisotopic (exact) mass is 235 g/mol. The van der Waals surface area contributed by atoms with E-state index < -0.39 is 0 Å². The van der Waals surface area contributed by atoms with E-state index in [2.05, 4.69) is 31.1 Å². The number of rotatable bonds is 3. The molecule has 1 N–H and O–H groups in total. The summed E-state index contributed by atoms with van der Waals surface area (Å²) in [6, 6.07) is 1.74. The third kappa shape index (κ3) is 4.06. The summed E-state index contributed by atoms with van der Waals surface area (Å²) in [6.45, 7) is 6.92. The van der Waals surface area contributed by atoms with Crippen LogP contribution in [-0.4, -0.2) is 31.5 Å². The van der Waals surface area contributed by atoms with Gasteiger partial charge in [0, 0.05) is 26.8 Å². The van der Waals surface area contributed by atoms with Crippen LogP contribution >= 0.6 is 0 Å². The maximum atomic E-state index is 12.1. The Morgan fingerprint density at radius 2 is 2.06 bits per heavy atom. The van der Waals surface area contributed by atoms with E-state index >= 15 is 0 Å². The first-order valence-electron chi connectivity index (χ1n) is 5.71. The van der Waals surface area contributed by atoms with Gasteiger partial charge in [-0.2, -0.15) is 0 Å². The molecule has 0 radical (unpaired) electrons. The third-order valence-electron chi connectivity index (χ3n) is 2.31. The SMILES string of the molecule is CN(C)c1cnccc1C(=O)NCC(C)(C)C. The van der Waals surface area contributed by atoms with Crippen LogP contribution < -0.4 is 10.2 Å². The highest BCUT2D eigenvalue weighted by atomic mass is 16.1. The number of carbonyl (C=O) groups excluding carboxylic acids is 1. The first kappa shape index (κ1) is 13.5. The van der Waals surface area contributed by atoms with Gasteiger partial charge in [0.25, 0.3) is 5.91 Å². The number of nitrogens with zero attached hydrogens (tertiary/aromatic N) is 2. The molecule has 17 heavy (non-hydrogen) atoms. The van der Waals surface area contributed by atoms with Crippen molar-refractivity contribution in [3.63, 3.8) is 0 Å². The Morgan fingerprint density at radius 3 is 2.59 bits per heavy atom. The van der Waals surface area contributed by atoms with Crippen molar-refractivity contribution in [2.45, 2.75) is 20.8 Å². The average Bonchev–Trinajstić information content (AvgIpc) is 2.25. The van der Waals surface area contributed by atoms with Crippen molar-refractivity contribution >= 4 is 11.6 Å². The summed E-state index contributed by atoms with van der Waals surface area (Å²) in [5, 5.41) is 2.94. The lowest BCUT2D eigenvalue weighted by atomic mass is 9.97. The highest BCUT2D eigenvalue weighted by Gasteiger charge is 2.16. The molecule has 0 saturated heterocycles. The van der Waals surface area contributed by atoms with Gasteiger partial charge < -0.3 is 10.2 Å². The van der Waals surface area contributed by atoms with Gasteiger partial charge in [0.05, 0.1) is 17.4 Å². The zero-order valence-corrected chi connectivity index (χ0v) is 11.2. The minimum absolute atomic E-state index is 0.0500. The number of pyridine rings is 1. The Morgan fingerprint density at radius 1 is 1.41 bits per heavy atom. The summed E-state index contributed by atoms with van der Waals surface area (Å²) >= 11 is 0. The Bertz CT molecular complexity index is 394. The molecule has 1 heterocycles. The molecule has 94 valence electrons. The molecule has 0 aliphatic rings. The minimum atomic E-state index is -0.0500. The first-order valence-corrected chi connectivity index (χ1v) is 5.71. The van der Waals surface area contributed by atoms with Gasteiger partial charge in [-0.3, -0.25) is 9.78 Å². The fourth-order valence-corrected chi connectivity index (χ4v) is 1.38. The lowest BCUT2D eigenvalue weighted by Crippen LogP contribution is -2.33. The molecule has 0 aromatic carbocycles. The molecular formula is C13H21N3O. The van der Waals surface area contributed by atoms with Gasteiger partial charge in [0.2, 0.25) is 0 Å². The van der Waals surface area contributed by atoms with E-state index in [4.69, 9.17) is 0 Å². The number of nitrogens with one attached hydrogen (secondary N) is 1. The van der Waals surface area contributed by atoms with Gasteiger partial charge in [-0.05, 0) is 11.5 Å². The first-order chi connectivity index (χ1) is 7.81. The van der Waals surface area contributed by atoms with Gasteiger partial charge in [0.15, 0.2) is 0 Å². The maximum absolute atomic E-state index is 12.1. The number of hydrogen-bond donors (Lipinski definition) is 1. The average molecular weight is 235 g/mol. The Balaban J connectivity index is 2.82. The van der Waals surface area contributed by atoms with Crippen molar-refractivity contribution in [3.05, 3.63) is 24.0 Å². The molecule has 1 aromatic rings. The Labute approximate surface area is 103 Å². The number of aromatic nitrogens is 1. The van der Waals surface area contributed by atoms with Crippen molar-refractivity contribution in [2.75, 3.05) is 25.5 Å². The van der Waals surface area contributed by atoms with Crippen LogP contribution in [0, 0.1) is 5.41 Å². The molecule has 0 spiro atoms. The summed E-state index contributed by atoms with van der Waals surface area (Å²) in [7, 11) is 3.80. The fourth-order valence-electron chi connectivity index (χ4n) is 1.38. The van der Waals surface area contributed by atoms with Gasteiger partial charge in [0.1, 0.15) is 0 Å². The molecule has 4 heteroatoms. The van der Waals surface area contributed by atoms with E-state index in [-0.39, 0.29) is 11.3 Å². The number of amides is 1. The smallest absolute Gasteiger partial charge is 0.253 e. The second-order valence-electron chi connectivity index (χ2n) is 5.53. The summed E-state index contributed by atoms with van der Waals surface area (Å²) < 4.78 is 0.